The number of hydrogen-bond acceptors (Lipinski definition) is 7. The molecule has 0 bridgehead atoms. The van der Waals surface area contributed by atoms with Crippen LogP contribution in [0.5, 0.6) is 0 Å². The average Bonchev–Trinajstić information content (AvgIpc) is 3.33. The van der Waals surface area contributed by atoms with E-state index >= 15 is 0 Å². The SMILES string of the molecule is CC(C)C[C@@H](CO)NC(=O)c1c(-c2ccccc2)nc2c(-c3ccc(N4CCOCC4)nn3)cccn12. The number of morpholine rings is 1. The van der Waals surface area contributed by atoms with Crippen LogP contribution >= 0.6 is 0 Å². The number of pyridine rings is 1. The Labute approximate surface area is 216 Å². The third kappa shape index (κ3) is 5.33. The van der Waals surface area contributed by atoms with Crippen LogP contribution in [-0.4, -0.2) is 69.5 Å². The quantitative estimate of drug-likeness (QED) is 0.382. The summed E-state index contributed by atoms with van der Waals surface area (Å²) >= 11 is 0. The summed E-state index contributed by atoms with van der Waals surface area (Å²) in [5.74, 6) is 0.864. The molecule has 37 heavy (non-hydrogen) atoms. The van der Waals surface area contributed by atoms with Gasteiger partial charge in [-0.1, -0.05) is 44.2 Å². The Balaban J connectivity index is 1.56. The van der Waals surface area contributed by atoms with Gasteiger partial charge in [0.15, 0.2) is 5.82 Å². The Morgan fingerprint density at radius 1 is 1.05 bits per heavy atom. The van der Waals surface area contributed by atoms with E-state index in [1.165, 1.54) is 0 Å². The van der Waals surface area contributed by atoms with Crippen LogP contribution in [0.1, 0.15) is 30.8 Å². The van der Waals surface area contributed by atoms with Crippen molar-refractivity contribution >= 4 is 17.4 Å². The Kier molecular flexibility index (Phi) is 7.43. The van der Waals surface area contributed by atoms with Gasteiger partial charge in [0.2, 0.25) is 0 Å². The molecule has 9 nitrogen and oxygen atoms in total. The second-order valence-corrected chi connectivity index (χ2v) is 9.65. The summed E-state index contributed by atoms with van der Waals surface area (Å²) in [6, 6.07) is 17.0. The molecule has 1 aliphatic rings. The largest absolute Gasteiger partial charge is 0.394 e. The van der Waals surface area contributed by atoms with Gasteiger partial charge < -0.3 is 20.1 Å². The van der Waals surface area contributed by atoms with Crippen LogP contribution in [0.4, 0.5) is 5.82 Å². The Morgan fingerprint density at radius 2 is 1.84 bits per heavy atom. The summed E-state index contributed by atoms with van der Waals surface area (Å²) in [7, 11) is 0. The summed E-state index contributed by atoms with van der Waals surface area (Å²) < 4.78 is 7.23. The Bertz CT molecular complexity index is 1350. The molecule has 9 heteroatoms. The maximum atomic E-state index is 13.6. The van der Waals surface area contributed by atoms with Crippen LogP contribution in [-0.2, 0) is 4.74 Å². The number of hydrogen-bond donors (Lipinski definition) is 2. The van der Waals surface area contributed by atoms with Gasteiger partial charge in [0.1, 0.15) is 17.0 Å². The molecule has 5 rings (SSSR count). The fourth-order valence-corrected chi connectivity index (χ4v) is 4.71. The van der Waals surface area contributed by atoms with E-state index in [9.17, 15) is 9.90 Å². The minimum Gasteiger partial charge on any atom is -0.394 e. The van der Waals surface area contributed by atoms with Crippen molar-refractivity contribution in [3.63, 3.8) is 0 Å². The number of carbonyl (C=O) groups excluding carboxylic acids is 1. The molecule has 2 N–H and O–H groups in total. The Morgan fingerprint density at radius 3 is 2.51 bits per heavy atom. The highest BCUT2D eigenvalue weighted by Gasteiger charge is 2.25. The number of nitrogens with zero attached hydrogens (tertiary/aromatic N) is 5. The number of nitrogens with one attached hydrogen (secondary N) is 1. The molecule has 1 aromatic carbocycles. The third-order valence-electron chi connectivity index (χ3n) is 6.49. The molecule has 0 spiro atoms. The van der Waals surface area contributed by atoms with Crippen molar-refractivity contribution in [3.05, 3.63) is 66.5 Å². The second kappa shape index (κ2) is 11.1. The molecule has 4 heterocycles. The van der Waals surface area contributed by atoms with Gasteiger partial charge in [-0.25, -0.2) is 4.98 Å². The number of imidazole rings is 1. The fourth-order valence-electron chi connectivity index (χ4n) is 4.71. The van der Waals surface area contributed by atoms with Crippen molar-refractivity contribution in [3.8, 4) is 22.5 Å². The van der Waals surface area contributed by atoms with Gasteiger partial charge in [-0.3, -0.25) is 9.20 Å². The highest BCUT2D eigenvalue weighted by atomic mass is 16.5. The van der Waals surface area contributed by atoms with E-state index in [1.807, 2.05) is 60.8 Å². The van der Waals surface area contributed by atoms with E-state index in [0.717, 1.165) is 30.0 Å². The lowest BCUT2D eigenvalue weighted by Gasteiger charge is -2.27. The van der Waals surface area contributed by atoms with Gasteiger partial charge in [0.05, 0.1) is 31.6 Å². The highest BCUT2D eigenvalue weighted by molar-refractivity contribution is 6.00. The summed E-state index contributed by atoms with van der Waals surface area (Å²) in [4.78, 5) is 20.7. The van der Waals surface area contributed by atoms with E-state index < -0.39 is 0 Å². The fraction of sp³-hybridized carbons (Fsp3) is 0.357. The zero-order valence-corrected chi connectivity index (χ0v) is 21.2. The number of benzene rings is 1. The molecule has 0 radical (unpaired) electrons. The topological polar surface area (TPSA) is 105 Å². The normalized spacial score (nSPS) is 14.8. The van der Waals surface area contributed by atoms with E-state index in [1.54, 1.807) is 4.40 Å². The van der Waals surface area contributed by atoms with Crippen LogP contribution in [0.15, 0.2) is 60.8 Å². The van der Waals surface area contributed by atoms with Gasteiger partial charge in [-0.05, 0) is 36.6 Å². The molecule has 1 aliphatic heterocycles. The van der Waals surface area contributed by atoms with Crippen molar-refractivity contribution in [2.45, 2.75) is 26.3 Å². The number of aliphatic hydroxyl groups excluding tert-OH is 1. The van der Waals surface area contributed by atoms with Gasteiger partial charge in [-0.2, -0.15) is 0 Å². The van der Waals surface area contributed by atoms with E-state index in [4.69, 9.17) is 9.72 Å². The monoisotopic (exact) mass is 500 g/mol. The molecule has 192 valence electrons. The number of rotatable bonds is 8. The van der Waals surface area contributed by atoms with Crippen LogP contribution in [0.2, 0.25) is 0 Å². The number of anilines is 1. The molecule has 1 amide bonds. The predicted octanol–water partition coefficient (Wildman–Crippen LogP) is 3.43. The number of amides is 1. The average molecular weight is 501 g/mol. The minimum absolute atomic E-state index is 0.127. The first-order valence-corrected chi connectivity index (χ1v) is 12.7. The number of aliphatic hydroxyl groups is 1. The van der Waals surface area contributed by atoms with E-state index in [2.05, 4.69) is 34.3 Å². The van der Waals surface area contributed by atoms with Crippen LogP contribution in [0, 0.1) is 5.92 Å². The van der Waals surface area contributed by atoms with Crippen LogP contribution < -0.4 is 10.2 Å². The summed E-state index contributed by atoms with van der Waals surface area (Å²) in [6.45, 7) is 6.93. The van der Waals surface area contributed by atoms with Crippen LogP contribution in [0.25, 0.3) is 28.2 Å². The predicted molar refractivity (Wildman–Crippen MR) is 142 cm³/mol. The van der Waals surface area contributed by atoms with E-state index in [-0.39, 0.29) is 18.6 Å². The maximum Gasteiger partial charge on any atom is 0.270 e. The van der Waals surface area contributed by atoms with E-state index in [0.29, 0.717) is 48.3 Å². The van der Waals surface area contributed by atoms with Gasteiger partial charge >= 0.3 is 0 Å². The molecule has 1 saturated heterocycles. The van der Waals surface area contributed by atoms with Crippen LogP contribution in [0.3, 0.4) is 0 Å². The molecule has 0 saturated carbocycles. The zero-order chi connectivity index (χ0) is 25.8. The van der Waals surface area contributed by atoms with Gasteiger partial charge in [-0.15, -0.1) is 10.2 Å². The first-order valence-electron chi connectivity index (χ1n) is 12.7. The standard InChI is InChI=1S/C28H32N6O3/c1-19(2)17-21(18-35)29-28(36)26-25(20-7-4-3-5-8-20)30-27-22(9-6-12-34(26)27)23-10-11-24(32-31-23)33-13-15-37-16-14-33/h3-12,19,21,35H,13-18H2,1-2H3,(H,29,36)/t21-/m0/s1. The molecular formula is C28H32N6O3. The molecule has 4 aromatic rings. The van der Waals surface area contributed by atoms with Crippen molar-refractivity contribution < 1.29 is 14.6 Å². The first kappa shape index (κ1) is 24.9. The lowest BCUT2D eigenvalue weighted by molar-refractivity contribution is 0.0903. The number of aromatic nitrogens is 4. The van der Waals surface area contributed by atoms with Gasteiger partial charge in [0.25, 0.3) is 5.91 Å². The molecule has 1 fully saturated rings. The first-order chi connectivity index (χ1) is 18.0. The Hall–Kier alpha value is -3.82. The summed E-state index contributed by atoms with van der Waals surface area (Å²) in [5.41, 5.74) is 3.89. The second-order valence-electron chi connectivity index (χ2n) is 9.65. The highest BCUT2D eigenvalue weighted by Crippen LogP contribution is 2.30. The molecule has 3 aromatic heterocycles. The van der Waals surface area contributed by atoms with Crippen molar-refractivity contribution in [1.82, 2.24) is 24.9 Å². The lowest BCUT2D eigenvalue weighted by atomic mass is 10.0. The smallest absolute Gasteiger partial charge is 0.270 e. The summed E-state index contributed by atoms with van der Waals surface area (Å²) in [6.07, 6.45) is 2.51. The molecule has 0 aliphatic carbocycles. The van der Waals surface area contributed by atoms with Crippen molar-refractivity contribution in [1.29, 1.82) is 0 Å². The number of fused-ring (bicyclic) bond motifs is 1. The minimum atomic E-state index is -0.344. The van der Waals surface area contributed by atoms with Crippen molar-refractivity contribution in [2.75, 3.05) is 37.8 Å². The molecule has 0 unspecified atom stereocenters. The molecular weight excluding hydrogens is 468 g/mol. The maximum absolute atomic E-state index is 13.6. The van der Waals surface area contributed by atoms with Crippen molar-refractivity contribution in [2.24, 2.45) is 5.92 Å². The number of ether oxygens (including phenoxy) is 1. The summed E-state index contributed by atoms with van der Waals surface area (Å²) in [5, 5.41) is 21.8. The molecule has 1 atom stereocenters. The third-order valence-corrected chi connectivity index (χ3v) is 6.49. The van der Waals surface area contributed by atoms with Gasteiger partial charge in [0, 0.05) is 30.4 Å². The number of carbonyl (C=O) groups is 1. The lowest BCUT2D eigenvalue weighted by Crippen LogP contribution is -2.39. The zero-order valence-electron chi connectivity index (χ0n) is 21.2.